The van der Waals surface area contributed by atoms with Crippen LogP contribution in [0, 0.1) is 5.82 Å². The van der Waals surface area contributed by atoms with E-state index >= 15 is 0 Å². The van der Waals surface area contributed by atoms with E-state index in [1.807, 2.05) is 0 Å². The van der Waals surface area contributed by atoms with Crippen molar-refractivity contribution in [1.82, 2.24) is 10.5 Å². The second kappa shape index (κ2) is 5.62. The topological polar surface area (TPSA) is 68.3 Å². The van der Waals surface area contributed by atoms with Gasteiger partial charge in [-0.25, -0.2) is 4.39 Å². The van der Waals surface area contributed by atoms with Gasteiger partial charge in [-0.05, 0) is 24.3 Å². The Labute approximate surface area is 119 Å². The third kappa shape index (κ3) is 2.84. The van der Waals surface area contributed by atoms with Crippen LogP contribution in [0.25, 0.3) is 11.5 Å². The van der Waals surface area contributed by atoms with Gasteiger partial charge in [0.15, 0.2) is 5.76 Å². The summed E-state index contributed by atoms with van der Waals surface area (Å²) in [6.45, 7) is 0.136. The summed E-state index contributed by atoms with van der Waals surface area (Å²) in [6, 6.07) is 10.9. The Morgan fingerprint density at radius 3 is 2.81 bits per heavy atom. The monoisotopic (exact) mass is 286 g/mol. The van der Waals surface area contributed by atoms with Crippen LogP contribution in [-0.2, 0) is 6.54 Å². The van der Waals surface area contributed by atoms with Gasteiger partial charge in [0.1, 0.15) is 11.5 Å². The van der Waals surface area contributed by atoms with Crippen molar-refractivity contribution in [3.63, 3.8) is 0 Å². The van der Waals surface area contributed by atoms with Crippen molar-refractivity contribution < 1.29 is 18.1 Å². The lowest BCUT2D eigenvalue weighted by atomic mass is 10.2. The summed E-state index contributed by atoms with van der Waals surface area (Å²) < 4.78 is 23.7. The maximum Gasteiger partial charge on any atom is 0.254 e. The molecular weight excluding hydrogens is 275 g/mol. The lowest BCUT2D eigenvalue weighted by Gasteiger charge is -2.03. The van der Waals surface area contributed by atoms with E-state index in [1.165, 1.54) is 24.5 Å². The van der Waals surface area contributed by atoms with E-state index in [0.717, 1.165) is 0 Å². The van der Waals surface area contributed by atoms with E-state index in [1.54, 1.807) is 24.3 Å². The van der Waals surface area contributed by atoms with Crippen LogP contribution in [-0.4, -0.2) is 11.1 Å². The largest absolute Gasteiger partial charge is 0.461 e. The second-order valence-corrected chi connectivity index (χ2v) is 4.32. The normalized spacial score (nSPS) is 10.5. The van der Waals surface area contributed by atoms with Gasteiger partial charge < -0.3 is 14.3 Å². The van der Waals surface area contributed by atoms with Crippen LogP contribution in [0.5, 0.6) is 0 Å². The van der Waals surface area contributed by atoms with Crippen LogP contribution < -0.4 is 5.32 Å². The molecule has 1 aromatic carbocycles. The number of halogens is 1. The third-order valence-electron chi connectivity index (χ3n) is 2.87. The minimum absolute atomic E-state index is 0.00717. The van der Waals surface area contributed by atoms with Crippen LogP contribution in [0.2, 0.25) is 0 Å². The molecule has 0 atom stereocenters. The van der Waals surface area contributed by atoms with Crippen molar-refractivity contribution in [3.8, 4) is 11.5 Å². The molecule has 0 radical (unpaired) electrons. The zero-order chi connectivity index (χ0) is 14.7. The minimum atomic E-state index is -0.563. The molecule has 6 heteroatoms. The molecule has 1 amide bonds. The number of aromatic nitrogens is 1. The highest BCUT2D eigenvalue weighted by atomic mass is 19.1. The van der Waals surface area contributed by atoms with Crippen LogP contribution in [0.3, 0.4) is 0 Å². The molecule has 106 valence electrons. The van der Waals surface area contributed by atoms with Crippen molar-refractivity contribution in [2.45, 2.75) is 6.54 Å². The molecule has 0 saturated heterocycles. The number of amides is 1. The lowest BCUT2D eigenvalue weighted by molar-refractivity contribution is 0.0946. The Hall–Kier alpha value is -2.89. The summed E-state index contributed by atoms with van der Waals surface area (Å²) in [5.74, 6) is -0.0496. The second-order valence-electron chi connectivity index (χ2n) is 4.32. The van der Waals surface area contributed by atoms with Crippen molar-refractivity contribution >= 4 is 5.91 Å². The van der Waals surface area contributed by atoms with E-state index in [2.05, 4.69) is 10.5 Å². The summed E-state index contributed by atoms with van der Waals surface area (Å²) in [4.78, 5) is 11.8. The summed E-state index contributed by atoms with van der Waals surface area (Å²) in [6.07, 6.45) is 1.53. The maximum absolute atomic E-state index is 13.4. The van der Waals surface area contributed by atoms with Crippen molar-refractivity contribution in [2.75, 3.05) is 0 Å². The zero-order valence-corrected chi connectivity index (χ0v) is 10.9. The highest BCUT2D eigenvalue weighted by molar-refractivity contribution is 5.94. The Morgan fingerprint density at radius 2 is 2.05 bits per heavy atom. The van der Waals surface area contributed by atoms with Gasteiger partial charge in [0.25, 0.3) is 5.91 Å². The summed E-state index contributed by atoms with van der Waals surface area (Å²) in [5.41, 5.74) is 0.512. The zero-order valence-electron chi connectivity index (χ0n) is 10.9. The van der Waals surface area contributed by atoms with Crippen LogP contribution in [0.1, 0.15) is 16.1 Å². The summed E-state index contributed by atoms with van der Waals surface area (Å²) in [5, 5.41) is 6.40. The fourth-order valence-electron chi connectivity index (χ4n) is 1.84. The van der Waals surface area contributed by atoms with Crippen LogP contribution >= 0.6 is 0 Å². The summed E-state index contributed by atoms with van der Waals surface area (Å²) >= 11 is 0. The van der Waals surface area contributed by atoms with E-state index in [-0.39, 0.29) is 12.1 Å². The number of benzene rings is 1. The Morgan fingerprint density at radius 1 is 1.19 bits per heavy atom. The predicted molar refractivity (Wildman–Crippen MR) is 71.8 cm³/mol. The highest BCUT2D eigenvalue weighted by Gasteiger charge is 2.13. The first-order valence-corrected chi connectivity index (χ1v) is 6.26. The van der Waals surface area contributed by atoms with Gasteiger partial charge in [0.2, 0.25) is 5.76 Å². The molecular formula is C15H11FN2O3. The van der Waals surface area contributed by atoms with Gasteiger partial charge >= 0.3 is 0 Å². The number of carbonyl (C=O) groups is 1. The highest BCUT2D eigenvalue weighted by Crippen LogP contribution is 2.20. The van der Waals surface area contributed by atoms with E-state index < -0.39 is 11.7 Å². The number of rotatable bonds is 4. The SMILES string of the molecule is O=C(NCc1cc(-c2ccco2)on1)c1ccccc1F. The predicted octanol–water partition coefficient (Wildman–Crippen LogP) is 3.00. The molecule has 0 fully saturated rings. The average molecular weight is 286 g/mol. The summed E-state index contributed by atoms with van der Waals surface area (Å²) in [7, 11) is 0. The molecule has 0 spiro atoms. The lowest BCUT2D eigenvalue weighted by Crippen LogP contribution is -2.23. The van der Waals surface area contributed by atoms with Crippen LogP contribution in [0.4, 0.5) is 4.39 Å². The van der Waals surface area contributed by atoms with Gasteiger partial charge in [-0.3, -0.25) is 4.79 Å². The molecule has 3 rings (SSSR count). The number of carbonyl (C=O) groups excluding carboxylic acids is 1. The fraction of sp³-hybridized carbons (Fsp3) is 0.0667. The number of hydrogen-bond donors (Lipinski definition) is 1. The van der Waals surface area contributed by atoms with Crippen LogP contribution in [0.15, 0.2) is 57.7 Å². The molecule has 2 heterocycles. The quantitative estimate of drug-likeness (QED) is 0.800. The first kappa shape index (κ1) is 13.1. The van der Waals surface area contributed by atoms with E-state index in [0.29, 0.717) is 17.2 Å². The van der Waals surface area contributed by atoms with Crippen molar-refractivity contribution in [2.24, 2.45) is 0 Å². The molecule has 0 unspecified atom stereocenters. The minimum Gasteiger partial charge on any atom is -0.461 e. The molecule has 0 aliphatic rings. The first-order valence-electron chi connectivity index (χ1n) is 6.26. The van der Waals surface area contributed by atoms with Gasteiger partial charge in [-0.2, -0.15) is 0 Å². The number of nitrogens with zero attached hydrogens (tertiary/aromatic N) is 1. The smallest absolute Gasteiger partial charge is 0.254 e. The van der Waals surface area contributed by atoms with Gasteiger partial charge in [-0.1, -0.05) is 17.3 Å². The third-order valence-corrected chi connectivity index (χ3v) is 2.87. The van der Waals surface area contributed by atoms with Gasteiger partial charge in [0, 0.05) is 6.07 Å². The molecule has 0 aliphatic carbocycles. The molecule has 2 aromatic heterocycles. The molecule has 0 saturated carbocycles. The molecule has 0 bridgehead atoms. The van der Waals surface area contributed by atoms with Gasteiger partial charge in [0.05, 0.1) is 18.4 Å². The van der Waals surface area contributed by atoms with Crippen molar-refractivity contribution in [1.29, 1.82) is 0 Å². The average Bonchev–Trinajstić information content (AvgIpc) is 3.16. The molecule has 5 nitrogen and oxygen atoms in total. The van der Waals surface area contributed by atoms with Crippen molar-refractivity contribution in [3.05, 3.63) is 65.8 Å². The van der Waals surface area contributed by atoms with E-state index in [9.17, 15) is 9.18 Å². The molecule has 1 N–H and O–H groups in total. The number of hydrogen-bond acceptors (Lipinski definition) is 4. The first-order chi connectivity index (χ1) is 10.2. The van der Waals surface area contributed by atoms with E-state index in [4.69, 9.17) is 8.94 Å². The fourth-order valence-corrected chi connectivity index (χ4v) is 1.84. The Bertz CT molecular complexity index is 750. The maximum atomic E-state index is 13.4. The molecule has 0 aliphatic heterocycles. The number of nitrogens with one attached hydrogen (secondary N) is 1. The molecule has 3 aromatic rings. The standard InChI is InChI=1S/C15H11FN2O3/c16-12-5-2-1-4-11(12)15(19)17-9-10-8-14(21-18-10)13-6-3-7-20-13/h1-8H,9H2,(H,17,19). The Balaban J connectivity index is 1.66. The number of furan rings is 1. The Kier molecular flexibility index (Phi) is 3.51. The molecule has 21 heavy (non-hydrogen) atoms. The van der Waals surface area contributed by atoms with Gasteiger partial charge in [-0.15, -0.1) is 0 Å².